The summed E-state index contributed by atoms with van der Waals surface area (Å²) in [7, 11) is 8.85. The molecule has 137 heavy (non-hydrogen) atoms. The van der Waals surface area contributed by atoms with Crippen LogP contribution in [0.2, 0.25) is 0 Å². The van der Waals surface area contributed by atoms with Crippen LogP contribution in [0.5, 0.6) is 23.5 Å². The fourth-order valence-corrected chi connectivity index (χ4v) is 17.0. The molecular formula is C106H133N19O12. The number of methoxy groups -OCH3 is 4. The number of aryl methyl sites for hydroxylation is 4. The zero-order valence-corrected chi connectivity index (χ0v) is 81.2. The maximum atomic E-state index is 13.0. The molecule has 17 rings (SSSR count). The van der Waals surface area contributed by atoms with Crippen molar-refractivity contribution in [2.45, 2.75) is 184 Å². The molecule has 0 unspecified atom stereocenters. The number of ether oxygens (including phenoxy) is 8. The van der Waals surface area contributed by atoms with Crippen LogP contribution in [0.25, 0.3) is 22.7 Å². The Labute approximate surface area is 803 Å². The van der Waals surface area contributed by atoms with Crippen molar-refractivity contribution in [3.05, 3.63) is 283 Å². The van der Waals surface area contributed by atoms with E-state index in [1.165, 1.54) is 19.3 Å². The van der Waals surface area contributed by atoms with Crippen LogP contribution in [0.4, 0.5) is 42.4 Å². The zero-order chi connectivity index (χ0) is 96.3. The molecule has 0 bridgehead atoms. The number of carbonyl (C=O) groups excluding carboxylic acids is 4. The van der Waals surface area contributed by atoms with E-state index in [9.17, 15) is 19.2 Å². The van der Waals surface area contributed by atoms with Crippen molar-refractivity contribution in [1.82, 2.24) is 75.9 Å². The van der Waals surface area contributed by atoms with Crippen LogP contribution in [-0.2, 0) is 71.6 Å². The number of amides is 8. The van der Waals surface area contributed by atoms with E-state index in [1.807, 2.05) is 219 Å². The first-order valence-corrected chi connectivity index (χ1v) is 47.3. The Hall–Kier alpha value is -13.4. The number of para-hydroxylation sites is 4. The molecule has 0 radical (unpaired) electrons. The van der Waals surface area contributed by atoms with Gasteiger partial charge in [-0.2, -0.15) is 0 Å². The van der Waals surface area contributed by atoms with Crippen molar-refractivity contribution in [2.24, 2.45) is 11.3 Å². The molecule has 3 aliphatic heterocycles. The minimum absolute atomic E-state index is 0.206. The van der Waals surface area contributed by atoms with Crippen LogP contribution in [-0.4, -0.2) is 168 Å². The maximum absolute atomic E-state index is 13.0. The molecule has 5 fully saturated rings. The van der Waals surface area contributed by atoms with Gasteiger partial charge in [0.1, 0.15) is 42.6 Å². The summed E-state index contributed by atoms with van der Waals surface area (Å²) in [5.74, 6) is 5.08. The zero-order valence-electron chi connectivity index (χ0n) is 81.2. The highest BCUT2D eigenvalue weighted by molar-refractivity contribution is 5.92. The minimum Gasteiger partial charge on any atom is -0.476 e. The quantitative estimate of drug-likeness (QED) is 0.0176. The molecular weight excluding hydrogens is 1730 g/mol. The lowest BCUT2D eigenvalue weighted by molar-refractivity contribution is -0.0700. The number of nitrogens with one attached hydrogen (secondary N) is 10. The number of hydrogen-bond acceptors (Lipinski definition) is 19. The number of likely N-dealkylation sites (tertiary alicyclic amines) is 1. The topological polar surface area (TPSA) is 337 Å². The molecule has 3 saturated heterocycles. The van der Waals surface area contributed by atoms with Crippen molar-refractivity contribution in [2.75, 3.05) is 103 Å². The van der Waals surface area contributed by atoms with E-state index in [-0.39, 0.29) is 30.2 Å². The summed E-state index contributed by atoms with van der Waals surface area (Å²) in [6, 6.07) is 63.1. The van der Waals surface area contributed by atoms with Gasteiger partial charge in [-0.1, -0.05) is 152 Å². The lowest BCUT2D eigenvalue weighted by Crippen LogP contribution is -2.48. The minimum atomic E-state index is -0.307. The number of hydrogen-bond donors (Lipinski definition) is 10. The predicted molar refractivity (Wildman–Crippen MR) is 534 cm³/mol. The molecule has 2 atom stereocenters. The fourth-order valence-electron chi connectivity index (χ4n) is 17.0. The second-order valence-corrected chi connectivity index (χ2v) is 36.2. The Balaban J connectivity index is 0.000000146. The van der Waals surface area contributed by atoms with Gasteiger partial charge in [0.25, 0.3) is 0 Å². The number of aromatic nitrogens is 8. The van der Waals surface area contributed by atoms with E-state index < -0.39 is 0 Å². The fraction of sp³-hybridized carbons (Fsp3) is 0.396. The summed E-state index contributed by atoms with van der Waals surface area (Å²) in [6.45, 7) is 25.6. The Morgan fingerprint density at radius 3 is 0.912 bits per heavy atom. The monoisotopic (exact) mass is 1860 g/mol. The van der Waals surface area contributed by atoms with E-state index in [2.05, 4.69) is 106 Å². The number of carbonyl (C=O) groups is 4. The Kier molecular flexibility index (Phi) is 35.1. The van der Waals surface area contributed by atoms with Gasteiger partial charge in [-0.3, -0.25) is 21.3 Å². The number of piperidine rings is 1. The molecule has 5 aliphatic rings. The molecule has 7 heterocycles. The molecule has 2 aliphatic carbocycles. The molecule has 2 saturated carbocycles. The summed E-state index contributed by atoms with van der Waals surface area (Å²) in [6.07, 6.45) is 10.8. The Bertz CT molecular complexity index is 5800. The number of nitrogens with zero attached hydrogens (tertiary/aromatic N) is 9. The summed E-state index contributed by atoms with van der Waals surface area (Å²) >= 11 is 0. The molecule has 8 aromatic carbocycles. The highest BCUT2D eigenvalue weighted by Crippen LogP contribution is 2.57. The smallest absolute Gasteiger partial charge is 0.320 e. The van der Waals surface area contributed by atoms with E-state index >= 15 is 0 Å². The van der Waals surface area contributed by atoms with Gasteiger partial charge >= 0.3 is 24.1 Å². The maximum Gasteiger partial charge on any atom is 0.320 e. The lowest BCUT2D eigenvalue weighted by atomic mass is 9.55. The lowest BCUT2D eigenvalue weighted by Gasteiger charge is -2.53. The number of urea groups is 4. The molecule has 8 amide bonds. The van der Waals surface area contributed by atoms with Crippen molar-refractivity contribution in [3.8, 4) is 46.3 Å². The average molecular weight is 1870 g/mol. The number of anilines is 4. The highest BCUT2D eigenvalue weighted by atomic mass is 16.5. The van der Waals surface area contributed by atoms with E-state index in [1.54, 1.807) is 47.2 Å². The van der Waals surface area contributed by atoms with Crippen LogP contribution in [0, 0.1) is 66.7 Å². The number of benzene rings is 8. The van der Waals surface area contributed by atoms with Gasteiger partial charge in [-0.15, -0.1) is 20.4 Å². The molecule has 724 valence electrons. The second kappa shape index (κ2) is 48.4. The summed E-state index contributed by atoms with van der Waals surface area (Å²) in [5.41, 5.74) is 20.1. The Morgan fingerprint density at radius 2 is 0.650 bits per heavy atom. The summed E-state index contributed by atoms with van der Waals surface area (Å²) in [5, 5.41) is 49.3. The molecule has 10 N–H and O–H groups in total. The van der Waals surface area contributed by atoms with Crippen LogP contribution >= 0.6 is 0 Å². The van der Waals surface area contributed by atoms with E-state index in [0.717, 1.165) is 176 Å². The molecule has 31 nitrogen and oxygen atoms in total. The van der Waals surface area contributed by atoms with Gasteiger partial charge in [0.15, 0.2) is 0 Å². The third-order valence-electron chi connectivity index (χ3n) is 25.9. The first-order valence-electron chi connectivity index (χ1n) is 47.3. The normalized spacial score (nSPS) is 15.3. The first kappa shape index (κ1) is 99.6. The Morgan fingerprint density at radius 1 is 0.372 bits per heavy atom. The first-order chi connectivity index (χ1) is 66.5. The van der Waals surface area contributed by atoms with E-state index in [0.29, 0.717) is 143 Å². The van der Waals surface area contributed by atoms with E-state index in [4.69, 9.17) is 48.1 Å². The van der Waals surface area contributed by atoms with Crippen LogP contribution in [0.15, 0.2) is 194 Å². The molecule has 1 spiro atoms. The van der Waals surface area contributed by atoms with Gasteiger partial charge in [0, 0.05) is 66.7 Å². The van der Waals surface area contributed by atoms with Crippen LogP contribution in [0.1, 0.15) is 147 Å². The van der Waals surface area contributed by atoms with Crippen molar-refractivity contribution < 1.29 is 57.1 Å². The van der Waals surface area contributed by atoms with Crippen molar-refractivity contribution in [3.63, 3.8) is 0 Å². The van der Waals surface area contributed by atoms with Crippen LogP contribution in [0.3, 0.4) is 0 Å². The van der Waals surface area contributed by atoms with Gasteiger partial charge in [0.2, 0.25) is 23.5 Å². The summed E-state index contributed by atoms with van der Waals surface area (Å²) < 4.78 is 52.3. The van der Waals surface area contributed by atoms with Gasteiger partial charge in [-0.25, -0.2) is 37.9 Å². The third kappa shape index (κ3) is 26.9. The van der Waals surface area contributed by atoms with Crippen molar-refractivity contribution >= 4 is 47.4 Å². The van der Waals surface area contributed by atoms with Gasteiger partial charge in [0.05, 0.1) is 78.0 Å². The van der Waals surface area contributed by atoms with Gasteiger partial charge < -0.3 is 74.7 Å². The highest BCUT2D eigenvalue weighted by Gasteiger charge is 2.50. The van der Waals surface area contributed by atoms with Crippen molar-refractivity contribution in [1.29, 1.82) is 0 Å². The second-order valence-electron chi connectivity index (χ2n) is 36.2. The summed E-state index contributed by atoms with van der Waals surface area (Å²) in [4.78, 5) is 53.9. The number of rotatable bonds is 35. The molecule has 31 heteroatoms. The standard InChI is InChI=1S/C28H37N5O3.C28H34N4O3.2C25H31N5O3/c1-20-10-11-23(18-35-4)16-24(20)17-29-28(34)30-26-21(2)27(31-33(26)25-8-6-5-7-9-25)36-19-22-12-14-32(3)15-13-22;1-19-10-11-21(18-34-3)14-22(19)17-29-27(33)30-25-20(2)26(31-32(25)23-8-5-4-6-9-23)35-24-15-28(16-24)12-7-13-28;2*1-17-9-10-19(15-32-3)13-20(17)14-27-25(31)28-23-18(2)24(33-16-21-11-12-26-21)29-30(23)22-7-5-4-6-8-22/h5-11,16,22H,12-15,17-19H2,1-4H3,(H2,29,30,34);4-6,8-11,14,24H,7,12-13,15-18H2,1-3H3,(H2,29,30,33);2*4-10,13,21,26H,11-12,14-16H2,1-3H3,(H2,27,28,31)/t;;2*21-/m..10/s1. The molecule has 12 aromatic rings. The largest absolute Gasteiger partial charge is 0.476 e. The predicted octanol–water partition coefficient (Wildman–Crippen LogP) is 17.7. The van der Waals surface area contributed by atoms with Gasteiger partial charge in [-0.05, 0) is 267 Å². The SMILES string of the molecule is COCc1ccc(C)c(CNC(=O)Nc2c(C)c(OC3CC4(CCC4)C3)nn2-c2ccccc2)c1.COCc1ccc(C)c(CNC(=O)Nc2c(C)c(OCC3CCN(C)CC3)nn2-c2ccccc2)c1.COCc1ccc(C)c(CNC(=O)Nc2c(C)c(OC[C@@H]3CCN3)nn2-c2ccccc2)c1.COCc1ccc(C)c(CNC(=O)Nc2c(C)c(OC[C@H]3CCN3)nn2-c2ccccc2)c1. The molecule has 4 aromatic heterocycles. The third-order valence-corrected chi connectivity index (χ3v) is 25.9. The van der Waals surface area contributed by atoms with Crippen LogP contribution < -0.4 is 72.1 Å². The average Bonchev–Trinajstić information content (AvgIpc) is 1.71.